The normalized spacial score (nSPS) is 16.1. The van der Waals surface area contributed by atoms with E-state index in [0.717, 1.165) is 11.8 Å². The van der Waals surface area contributed by atoms with Crippen LogP contribution in [0.4, 0.5) is 9.18 Å². The summed E-state index contributed by atoms with van der Waals surface area (Å²) in [7, 11) is 0. The zero-order valence-electron chi connectivity index (χ0n) is 14.3. The second-order valence-electron chi connectivity index (χ2n) is 5.94. The fourth-order valence-corrected chi connectivity index (χ4v) is 3.11. The van der Waals surface area contributed by atoms with Gasteiger partial charge in [0.1, 0.15) is 11.8 Å². The third-order valence-electron chi connectivity index (χ3n) is 3.82. The molecule has 1 heterocycles. The molecule has 0 radical (unpaired) electrons. The number of benzene rings is 2. The number of nitrogens with one attached hydrogen (secondary N) is 1. The van der Waals surface area contributed by atoms with Crippen LogP contribution in [0.5, 0.6) is 11.5 Å². The molecule has 1 aliphatic heterocycles. The first-order chi connectivity index (χ1) is 13.3. The van der Waals surface area contributed by atoms with Gasteiger partial charge in [-0.2, -0.15) is 0 Å². The van der Waals surface area contributed by atoms with Gasteiger partial charge in [-0.3, -0.25) is 19.7 Å². The molecule has 0 aliphatic carbocycles. The van der Waals surface area contributed by atoms with Crippen LogP contribution in [-0.2, 0) is 16.0 Å². The van der Waals surface area contributed by atoms with Crippen LogP contribution in [0.1, 0.15) is 11.1 Å². The van der Waals surface area contributed by atoms with Crippen molar-refractivity contribution in [1.82, 2.24) is 5.32 Å². The van der Waals surface area contributed by atoms with Gasteiger partial charge in [0.25, 0.3) is 11.1 Å². The highest BCUT2D eigenvalue weighted by Crippen LogP contribution is 2.28. The SMILES string of the molecule is NC(Cc1ccc(Oc2ccc(/C=C3/SC(=O)NC3=O)cc2)c(F)c1)C(=O)O. The Morgan fingerprint density at radius 1 is 1.25 bits per heavy atom. The summed E-state index contributed by atoms with van der Waals surface area (Å²) in [6.45, 7) is 0. The average molecular weight is 402 g/mol. The Labute approximate surface area is 163 Å². The zero-order valence-corrected chi connectivity index (χ0v) is 15.2. The Bertz CT molecular complexity index is 975. The predicted octanol–water partition coefficient (Wildman–Crippen LogP) is 2.90. The van der Waals surface area contributed by atoms with Crippen molar-refractivity contribution in [2.24, 2.45) is 5.73 Å². The first kappa shape index (κ1) is 19.6. The molecular weight excluding hydrogens is 387 g/mol. The number of imide groups is 1. The molecule has 9 heteroatoms. The van der Waals surface area contributed by atoms with Crippen LogP contribution in [-0.4, -0.2) is 28.3 Å². The Morgan fingerprint density at radius 2 is 1.96 bits per heavy atom. The summed E-state index contributed by atoms with van der Waals surface area (Å²) in [5.74, 6) is -1.89. The molecule has 3 rings (SSSR count). The van der Waals surface area contributed by atoms with E-state index in [1.165, 1.54) is 12.1 Å². The smallest absolute Gasteiger partial charge is 0.320 e. The number of amides is 2. The van der Waals surface area contributed by atoms with Crippen LogP contribution in [0.2, 0.25) is 0 Å². The van der Waals surface area contributed by atoms with Crippen LogP contribution in [0.3, 0.4) is 0 Å². The highest BCUT2D eigenvalue weighted by molar-refractivity contribution is 8.18. The number of hydrogen-bond donors (Lipinski definition) is 3. The Balaban J connectivity index is 1.69. The molecule has 2 aromatic rings. The van der Waals surface area contributed by atoms with Gasteiger partial charge in [-0.1, -0.05) is 18.2 Å². The van der Waals surface area contributed by atoms with E-state index >= 15 is 0 Å². The van der Waals surface area contributed by atoms with Crippen LogP contribution in [0.15, 0.2) is 47.4 Å². The summed E-state index contributed by atoms with van der Waals surface area (Å²) in [5, 5.41) is 10.6. The number of rotatable bonds is 6. The number of thioether (sulfide) groups is 1. The molecule has 1 unspecified atom stereocenters. The number of halogens is 1. The molecule has 144 valence electrons. The second-order valence-corrected chi connectivity index (χ2v) is 6.95. The number of ether oxygens (including phenoxy) is 1. The molecule has 7 nitrogen and oxygen atoms in total. The third kappa shape index (κ3) is 4.76. The molecule has 28 heavy (non-hydrogen) atoms. The summed E-state index contributed by atoms with van der Waals surface area (Å²) in [6, 6.07) is 9.55. The van der Waals surface area contributed by atoms with Crippen LogP contribution < -0.4 is 15.8 Å². The lowest BCUT2D eigenvalue weighted by atomic mass is 10.1. The number of nitrogens with two attached hydrogens (primary N) is 1. The lowest BCUT2D eigenvalue weighted by Gasteiger charge is -2.10. The van der Waals surface area contributed by atoms with E-state index in [1.807, 2.05) is 0 Å². The molecule has 0 bridgehead atoms. The molecule has 1 fully saturated rings. The first-order valence-corrected chi connectivity index (χ1v) is 8.93. The second kappa shape index (κ2) is 8.24. The molecule has 2 amide bonds. The summed E-state index contributed by atoms with van der Waals surface area (Å²) < 4.78 is 19.7. The fraction of sp³-hybridized carbons (Fsp3) is 0.105. The predicted molar refractivity (Wildman–Crippen MR) is 101 cm³/mol. The molecule has 1 atom stereocenters. The topological polar surface area (TPSA) is 119 Å². The van der Waals surface area contributed by atoms with Gasteiger partial charge in [0, 0.05) is 0 Å². The van der Waals surface area contributed by atoms with E-state index < -0.39 is 29.0 Å². The van der Waals surface area contributed by atoms with Gasteiger partial charge in [-0.05, 0) is 59.7 Å². The largest absolute Gasteiger partial charge is 0.480 e. The number of carboxylic acids is 1. The van der Waals surface area contributed by atoms with Crippen LogP contribution in [0, 0.1) is 5.82 Å². The first-order valence-electron chi connectivity index (χ1n) is 8.11. The zero-order chi connectivity index (χ0) is 20.3. The van der Waals surface area contributed by atoms with E-state index in [-0.39, 0.29) is 12.2 Å². The molecule has 1 saturated heterocycles. The minimum atomic E-state index is -1.16. The average Bonchev–Trinajstić information content (AvgIpc) is 2.96. The van der Waals surface area contributed by atoms with Gasteiger partial charge in [0.05, 0.1) is 4.91 Å². The van der Waals surface area contributed by atoms with Crippen LogP contribution >= 0.6 is 11.8 Å². The number of carbonyl (C=O) groups excluding carboxylic acids is 2. The van der Waals surface area contributed by atoms with Crippen molar-refractivity contribution < 1.29 is 28.6 Å². The Morgan fingerprint density at radius 3 is 2.54 bits per heavy atom. The van der Waals surface area contributed by atoms with Gasteiger partial charge in [-0.25, -0.2) is 4.39 Å². The van der Waals surface area contributed by atoms with Crippen molar-refractivity contribution >= 4 is 35.0 Å². The highest BCUT2D eigenvalue weighted by Gasteiger charge is 2.24. The lowest BCUT2D eigenvalue weighted by molar-refractivity contribution is -0.138. The molecule has 0 aromatic heterocycles. The minimum absolute atomic E-state index is 0.00396. The summed E-state index contributed by atoms with van der Waals surface area (Å²) in [4.78, 5) is 33.8. The number of hydrogen-bond acceptors (Lipinski definition) is 6. The van der Waals surface area contributed by atoms with Crippen molar-refractivity contribution in [2.45, 2.75) is 12.5 Å². The molecule has 1 aliphatic rings. The van der Waals surface area contributed by atoms with Crippen molar-refractivity contribution in [2.75, 3.05) is 0 Å². The monoisotopic (exact) mass is 402 g/mol. The van der Waals surface area contributed by atoms with Gasteiger partial charge >= 0.3 is 5.97 Å². The van der Waals surface area contributed by atoms with Crippen molar-refractivity contribution in [3.63, 3.8) is 0 Å². The molecule has 4 N–H and O–H groups in total. The van der Waals surface area contributed by atoms with Gasteiger partial charge in [0.15, 0.2) is 11.6 Å². The Kier molecular flexibility index (Phi) is 5.76. The van der Waals surface area contributed by atoms with Gasteiger partial charge < -0.3 is 15.6 Å². The standard InChI is InChI=1S/C19H15FN2O5S/c20-13-7-11(8-14(21)18(24)25)3-6-15(13)27-12-4-1-10(2-5-12)9-16-17(23)22-19(26)28-16/h1-7,9,14H,8,21H2,(H,24,25)(H,22,23,26)/b16-9+. The van der Waals surface area contributed by atoms with E-state index in [4.69, 9.17) is 15.6 Å². The van der Waals surface area contributed by atoms with E-state index in [9.17, 15) is 18.8 Å². The van der Waals surface area contributed by atoms with Crippen molar-refractivity contribution in [3.8, 4) is 11.5 Å². The molecule has 2 aromatic carbocycles. The number of carbonyl (C=O) groups is 3. The van der Waals surface area contributed by atoms with E-state index in [1.54, 1.807) is 36.4 Å². The summed E-state index contributed by atoms with van der Waals surface area (Å²) >= 11 is 0.819. The summed E-state index contributed by atoms with van der Waals surface area (Å²) in [5.41, 5.74) is 6.57. The lowest BCUT2D eigenvalue weighted by Crippen LogP contribution is -2.32. The maximum Gasteiger partial charge on any atom is 0.320 e. The molecule has 0 spiro atoms. The van der Waals surface area contributed by atoms with E-state index in [0.29, 0.717) is 21.8 Å². The summed E-state index contributed by atoms with van der Waals surface area (Å²) in [6.07, 6.45) is 1.57. The molecular formula is C19H15FN2O5S. The van der Waals surface area contributed by atoms with Gasteiger partial charge in [-0.15, -0.1) is 0 Å². The number of aliphatic carboxylic acids is 1. The highest BCUT2D eigenvalue weighted by atomic mass is 32.2. The molecule has 0 saturated carbocycles. The van der Waals surface area contributed by atoms with Crippen molar-refractivity contribution in [3.05, 3.63) is 64.3 Å². The Hall–Kier alpha value is -3.17. The van der Waals surface area contributed by atoms with Gasteiger partial charge in [0.2, 0.25) is 0 Å². The fourth-order valence-electron chi connectivity index (χ4n) is 2.43. The maximum atomic E-state index is 14.2. The van der Waals surface area contributed by atoms with Crippen LogP contribution in [0.25, 0.3) is 6.08 Å². The number of carboxylic acid groups (broad SMARTS) is 1. The van der Waals surface area contributed by atoms with E-state index in [2.05, 4.69) is 5.32 Å². The quantitative estimate of drug-likeness (QED) is 0.636. The minimum Gasteiger partial charge on any atom is -0.480 e. The maximum absolute atomic E-state index is 14.2. The third-order valence-corrected chi connectivity index (χ3v) is 4.63. The van der Waals surface area contributed by atoms with Crippen molar-refractivity contribution in [1.29, 1.82) is 0 Å².